The average Bonchev–Trinajstić information content (AvgIpc) is 2.40. The number of nitrogens with one attached hydrogen (secondary N) is 1. The highest BCUT2D eigenvalue weighted by Gasteiger charge is 2.38. The summed E-state index contributed by atoms with van der Waals surface area (Å²) in [6, 6.07) is 0. The van der Waals surface area contributed by atoms with Crippen LogP contribution in [0.2, 0.25) is 0 Å². The summed E-state index contributed by atoms with van der Waals surface area (Å²) in [6.07, 6.45) is -2.53. The maximum absolute atomic E-state index is 12.3. The van der Waals surface area contributed by atoms with E-state index < -0.39 is 24.0 Å². The number of carbonyl (C=O) groups excluding carboxylic acids is 1. The molecule has 0 aliphatic rings. The maximum atomic E-state index is 12.3. The molecule has 0 aliphatic heterocycles. The van der Waals surface area contributed by atoms with Crippen LogP contribution in [0.4, 0.5) is 13.2 Å². The van der Waals surface area contributed by atoms with Gasteiger partial charge in [-0.05, 0) is 18.4 Å². The molecule has 1 amide bonds. The van der Waals surface area contributed by atoms with Gasteiger partial charge in [0.25, 0.3) is 5.91 Å². The molecule has 0 aromatic heterocycles. The summed E-state index contributed by atoms with van der Waals surface area (Å²) < 4.78 is 42.0. The van der Waals surface area contributed by atoms with Crippen molar-refractivity contribution in [3.8, 4) is 0 Å². The molecule has 1 atom stereocenters. The van der Waals surface area contributed by atoms with Crippen LogP contribution in [-0.4, -0.2) is 25.7 Å². The third-order valence-corrected chi connectivity index (χ3v) is 3.91. The summed E-state index contributed by atoms with van der Waals surface area (Å²) in [5, 5.41) is 1.92. The lowest BCUT2D eigenvalue weighted by atomic mass is 9.70. The van der Waals surface area contributed by atoms with Gasteiger partial charge in [0, 0.05) is 5.41 Å². The van der Waals surface area contributed by atoms with Crippen LogP contribution >= 0.6 is 0 Å². The van der Waals surface area contributed by atoms with Gasteiger partial charge >= 0.3 is 6.18 Å². The quantitative estimate of drug-likeness (QED) is 0.441. The highest BCUT2D eigenvalue weighted by molar-refractivity contribution is 5.95. The molecule has 21 heavy (non-hydrogen) atoms. The average molecular weight is 307 g/mol. The van der Waals surface area contributed by atoms with Gasteiger partial charge in [0.2, 0.25) is 0 Å². The Kier molecular flexibility index (Phi) is 7.00. The number of halogens is 3. The number of alkyl halides is 3. The van der Waals surface area contributed by atoms with Gasteiger partial charge in [-0.25, -0.2) is 0 Å². The van der Waals surface area contributed by atoms with Crippen LogP contribution in [0.5, 0.6) is 0 Å². The van der Waals surface area contributed by atoms with Gasteiger partial charge < -0.3 is 10.1 Å². The number of methoxy groups -OCH3 is 1. The monoisotopic (exact) mass is 307 g/mol. The molecule has 3 nitrogen and oxygen atoms in total. The number of hydrogen-bond donors (Lipinski definition) is 1. The Morgan fingerprint density at radius 2 is 1.90 bits per heavy atom. The van der Waals surface area contributed by atoms with E-state index in [9.17, 15) is 18.0 Å². The molecule has 6 heteroatoms. The number of ether oxygens (including phenoxy) is 1. The molecule has 0 aromatic rings. The van der Waals surface area contributed by atoms with E-state index in [0.29, 0.717) is 6.42 Å². The molecule has 122 valence electrons. The smallest absolute Gasteiger partial charge is 0.405 e. The van der Waals surface area contributed by atoms with E-state index in [1.807, 2.05) is 33.0 Å². The van der Waals surface area contributed by atoms with E-state index in [1.54, 1.807) is 0 Å². The van der Waals surface area contributed by atoms with Crippen molar-refractivity contribution >= 4 is 5.91 Å². The third-order valence-electron chi connectivity index (χ3n) is 3.91. The summed E-state index contributed by atoms with van der Waals surface area (Å²) in [4.78, 5) is 12.3. The second-order valence-electron chi connectivity index (χ2n) is 5.37. The van der Waals surface area contributed by atoms with E-state index in [0.717, 1.165) is 0 Å². The number of amides is 1. The summed E-state index contributed by atoms with van der Waals surface area (Å²) in [6.45, 7) is 9.74. The Morgan fingerprint density at radius 3 is 2.19 bits per heavy atom. The lowest BCUT2D eigenvalue weighted by Crippen LogP contribution is -2.41. The number of carbonyl (C=O) groups is 1. The second-order valence-corrected chi connectivity index (χ2v) is 5.37. The zero-order chi connectivity index (χ0) is 16.8. The first kappa shape index (κ1) is 19.5. The molecule has 0 aromatic carbocycles. The topological polar surface area (TPSA) is 38.3 Å². The van der Waals surface area contributed by atoms with E-state index in [-0.39, 0.29) is 17.3 Å². The number of hydrogen-bond acceptors (Lipinski definition) is 2. The molecule has 0 fully saturated rings. The fourth-order valence-electron chi connectivity index (χ4n) is 2.08. The molecular weight excluding hydrogens is 283 g/mol. The maximum Gasteiger partial charge on any atom is 0.405 e. The summed E-state index contributed by atoms with van der Waals surface area (Å²) in [5.41, 5.74) is -0.420. The zero-order valence-electron chi connectivity index (χ0n) is 13.2. The molecule has 0 heterocycles. The van der Waals surface area contributed by atoms with Crippen LogP contribution in [-0.2, 0) is 9.53 Å². The van der Waals surface area contributed by atoms with Crippen molar-refractivity contribution in [2.75, 3.05) is 13.7 Å². The molecule has 0 unspecified atom stereocenters. The standard InChI is InChI=1S/C15H24F3NO2/c1-7-11(21-6)12(14(5,8-2)10(3)4)13(20)19-9-15(16,17)18/h7,10H,1,8-9H2,2-6H3,(H,19,20)/b12-11+/t14-/m1/s1. The Bertz CT molecular complexity index is 414. The minimum Gasteiger partial charge on any atom is -0.496 e. The Labute approximate surface area is 124 Å². The zero-order valence-corrected chi connectivity index (χ0v) is 13.2. The fraction of sp³-hybridized carbons (Fsp3) is 0.667. The van der Waals surface area contributed by atoms with Gasteiger partial charge in [0.1, 0.15) is 12.3 Å². The lowest BCUT2D eigenvalue weighted by Gasteiger charge is -2.35. The van der Waals surface area contributed by atoms with Crippen LogP contribution in [0.15, 0.2) is 24.0 Å². The highest BCUT2D eigenvalue weighted by atomic mass is 19.4. The molecule has 0 spiro atoms. The number of allylic oxidation sites excluding steroid dienone is 1. The molecule has 0 rings (SSSR count). The van der Waals surface area contributed by atoms with Gasteiger partial charge in [-0.1, -0.05) is 34.3 Å². The van der Waals surface area contributed by atoms with Crippen molar-refractivity contribution in [3.05, 3.63) is 24.0 Å². The van der Waals surface area contributed by atoms with E-state index >= 15 is 0 Å². The van der Waals surface area contributed by atoms with Crippen LogP contribution in [0.3, 0.4) is 0 Å². The predicted molar refractivity (Wildman–Crippen MR) is 76.5 cm³/mol. The second kappa shape index (κ2) is 7.52. The van der Waals surface area contributed by atoms with Crippen LogP contribution < -0.4 is 5.32 Å². The predicted octanol–water partition coefficient (Wildman–Crippen LogP) is 3.82. The summed E-state index contributed by atoms with van der Waals surface area (Å²) in [7, 11) is 1.37. The van der Waals surface area contributed by atoms with Crippen molar-refractivity contribution in [2.24, 2.45) is 11.3 Å². The summed E-state index contributed by atoms with van der Waals surface area (Å²) >= 11 is 0. The molecule has 1 N–H and O–H groups in total. The summed E-state index contributed by atoms with van der Waals surface area (Å²) in [5.74, 6) is -0.533. The third kappa shape index (κ3) is 5.10. The minimum absolute atomic E-state index is 0.0410. The first-order valence-electron chi connectivity index (χ1n) is 6.79. The molecule has 0 aliphatic carbocycles. The van der Waals surface area contributed by atoms with Crippen LogP contribution in [0, 0.1) is 11.3 Å². The first-order valence-corrected chi connectivity index (χ1v) is 6.79. The Hall–Kier alpha value is -1.46. The van der Waals surface area contributed by atoms with Crippen LogP contribution in [0.1, 0.15) is 34.1 Å². The van der Waals surface area contributed by atoms with Crippen molar-refractivity contribution in [2.45, 2.75) is 40.3 Å². The SMILES string of the molecule is C=C/C(OC)=C(/C(=O)NCC(F)(F)F)[C@](C)(CC)C(C)C. The van der Waals surface area contributed by atoms with Gasteiger partial charge in [-0.2, -0.15) is 13.2 Å². The number of rotatable bonds is 7. The van der Waals surface area contributed by atoms with Crippen LogP contribution in [0.25, 0.3) is 0 Å². The van der Waals surface area contributed by atoms with Gasteiger partial charge in [-0.3, -0.25) is 4.79 Å². The normalized spacial score (nSPS) is 16.0. The van der Waals surface area contributed by atoms with E-state index in [1.165, 1.54) is 13.2 Å². The molecular formula is C15H24F3NO2. The minimum atomic E-state index is -4.46. The van der Waals surface area contributed by atoms with Gasteiger partial charge in [-0.15, -0.1) is 0 Å². The van der Waals surface area contributed by atoms with Crippen molar-refractivity contribution in [1.29, 1.82) is 0 Å². The molecule has 0 saturated heterocycles. The van der Waals surface area contributed by atoms with Crippen molar-refractivity contribution in [1.82, 2.24) is 5.32 Å². The lowest BCUT2D eigenvalue weighted by molar-refractivity contribution is -0.137. The van der Waals surface area contributed by atoms with E-state index in [4.69, 9.17) is 4.74 Å². The Balaban J connectivity index is 5.71. The van der Waals surface area contributed by atoms with E-state index in [2.05, 4.69) is 6.58 Å². The fourth-order valence-corrected chi connectivity index (χ4v) is 2.08. The molecule has 0 bridgehead atoms. The highest BCUT2D eigenvalue weighted by Crippen LogP contribution is 2.40. The largest absolute Gasteiger partial charge is 0.496 e. The molecule has 0 saturated carbocycles. The van der Waals surface area contributed by atoms with Crippen molar-refractivity contribution in [3.63, 3.8) is 0 Å². The molecule has 0 radical (unpaired) electrons. The first-order chi connectivity index (χ1) is 9.53. The van der Waals surface area contributed by atoms with Crippen molar-refractivity contribution < 1.29 is 22.7 Å². The van der Waals surface area contributed by atoms with Gasteiger partial charge in [0.05, 0.1) is 12.7 Å². The van der Waals surface area contributed by atoms with Gasteiger partial charge in [0.15, 0.2) is 0 Å². The Morgan fingerprint density at radius 1 is 1.38 bits per heavy atom.